The van der Waals surface area contributed by atoms with Crippen molar-refractivity contribution in [1.29, 1.82) is 0 Å². The van der Waals surface area contributed by atoms with Crippen molar-refractivity contribution in [3.63, 3.8) is 0 Å². The van der Waals surface area contributed by atoms with Gasteiger partial charge in [-0.2, -0.15) is 12.6 Å². The van der Waals surface area contributed by atoms with Crippen LogP contribution in [0.2, 0.25) is 0 Å². The Morgan fingerprint density at radius 2 is 2.00 bits per heavy atom. The van der Waals surface area contributed by atoms with E-state index in [9.17, 15) is 13.2 Å². The number of carbonyl (C=O) groups is 1. The molecule has 1 amide bonds. The van der Waals surface area contributed by atoms with Gasteiger partial charge in [0.05, 0.1) is 23.4 Å². The molecule has 0 bridgehead atoms. The van der Waals surface area contributed by atoms with E-state index in [4.69, 9.17) is 10.5 Å². The summed E-state index contributed by atoms with van der Waals surface area (Å²) < 4.78 is 31.5. The summed E-state index contributed by atoms with van der Waals surface area (Å²) in [5.41, 5.74) is 9.79. The van der Waals surface area contributed by atoms with Crippen LogP contribution in [-0.2, 0) is 14.8 Å². The summed E-state index contributed by atoms with van der Waals surface area (Å²) in [6.45, 7) is 5.29. The number of nitrogens with one attached hydrogen (secondary N) is 1. The predicted molar refractivity (Wildman–Crippen MR) is 152 cm³/mol. The van der Waals surface area contributed by atoms with Crippen LogP contribution in [0.4, 0.5) is 0 Å². The number of piperidine rings is 1. The van der Waals surface area contributed by atoms with Gasteiger partial charge in [0.1, 0.15) is 0 Å². The van der Waals surface area contributed by atoms with Gasteiger partial charge in [0, 0.05) is 44.4 Å². The number of hydrogen-bond acceptors (Lipinski definition) is 6. The topological polar surface area (TPSA) is 109 Å². The third-order valence-corrected chi connectivity index (χ3v) is 9.87. The Kier molecular flexibility index (Phi) is 9.18. The molecule has 1 unspecified atom stereocenters. The van der Waals surface area contributed by atoms with Crippen LogP contribution < -0.4 is 5.73 Å². The Morgan fingerprint density at radius 3 is 2.65 bits per heavy atom. The standard InChI is InChI=1S/C27H38N4O4S2/c1-3-37(33,34)31-12-8-19(9-13-31)25-16-29-26-23(25)14-21(15-24(26)27(28)32)20(18-36)6-4-10-30-11-5-7-22(30)17-35-2/h4,6,14-16,18-19,22,29,36H,3,5,7-13,17H2,1-2H3,(H2,28,32)/b6-4+,20-18+. The van der Waals surface area contributed by atoms with E-state index in [1.54, 1.807) is 23.7 Å². The van der Waals surface area contributed by atoms with Gasteiger partial charge in [-0.3, -0.25) is 9.69 Å². The first-order chi connectivity index (χ1) is 17.8. The Bertz CT molecular complexity index is 1280. The van der Waals surface area contributed by atoms with Crippen molar-refractivity contribution in [3.05, 3.63) is 52.6 Å². The number of carbonyl (C=O) groups excluding carboxylic acids is 1. The molecule has 1 atom stereocenters. The van der Waals surface area contributed by atoms with Gasteiger partial charge >= 0.3 is 0 Å². The van der Waals surface area contributed by atoms with E-state index in [1.165, 1.54) is 6.42 Å². The lowest BCUT2D eigenvalue weighted by molar-refractivity contribution is 0.100. The number of ether oxygens (including phenoxy) is 1. The maximum Gasteiger partial charge on any atom is 0.250 e. The van der Waals surface area contributed by atoms with Crippen molar-refractivity contribution in [3.8, 4) is 0 Å². The third kappa shape index (κ3) is 6.15. The fourth-order valence-electron chi connectivity index (χ4n) is 5.62. The molecule has 3 heterocycles. The number of H-pyrrole nitrogens is 1. The highest BCUT2D eigenvalue weighted by Crippen LogP contribution is 2.36. The van der Waals surface area contributed by atoms with Crippen LogP contribution in [0.15, 0.2) is 35.9 Å². The number of methoxy groups -OCH3 is 1. The maximum atomic E-state index is 12.4. The Morgan fingerprint density at radius 1 is 1.24 bits per heavy atom. The number of fused-ring (bicyclic) bond motifs is 1. The Labute approximate surface area is 225 Å². The van der Waals surface area contributed by atoms with Crippen LogP contribution in [0.3, 0.4) is 0 Å². The molecule has 0 radical (unpaired) electrons. The van der Waals surface area contributed by atoms with Crippen molar-refractivity contribution >= 4 is 45.0 Å². The molecule has 2 aromatic rings. The minimum atomic E-state index is -3.19. The van der Waals surface area contributed by atoms with Crippen molar-refractivity contribution in [1.82, 2.24) is 14.2 Å². The fraction of sp³-hybridized carbons (Fsp3) is 0.519. The van der Waals surface area contributed by atoms with Gasteiger partial charge in [-0.05, 0) is 79.3 Å². The van der Waals surface area contributed by atoms with Gasteiger partial charge < -0.3 is 15.5 Å². The number of nitrogens with two attached hydrogens (primary N) is 1. The molecule has 37 heavy (non-hydrogen) atoms. The minimum absolute atomic E-state index is 0.118. The van der Waals surface area contributed by atoms with Gasteiger partial charge in [-0.1, -0.05) is 12.2 Å². The molecular formula is C27H38N4O4S2. The second-order valence-corrected chi connectivity index (χ2v) is 12.4. The lowest BCUT2D eigenvalue weighted by Crippen LogP contribution is -2.38. The number of benzene rings is 1. The Balaban J connectivity index is 1.59. The first kappa shape index (κ1) is 27.9. The maximum absolute atomic E-state index is 12.4. The molecule has 2 aliphatic rings. The number of thiol groups is 1. The number of sulfonamides is 1. The number of likely N-dealkylation sites (tertiary alicyclic amines) is 1. The normalized spacial score (nSPS) is 20.9. The summed E-state index contributed by atoms with van der Waals surface area (Å²) in [5.74, 6) is -0.182. The molecule has 2 aliphatic heterocycles. The Hall–Kier alpha value is -2.11. The van der Waals surface area contributed by atoms with Gasteiger partial charge in [0.15, 0.2) is 0 Å². The molecule has 10 heteroatoms. The van der Waals surface area contributed by atoms with Gasteiger partial charge in [0.25, 0.3) is 5.91 Å². The largest absolute Gasteiger partial charge is 0.383 e. The highest BCUT2D eigenvalue weighted by molar-refractivity contribution is 7.89. The summed E-state index contributed by atoms with van der Waals surface area (Å²) in [6, 6.07) is 4.34. The first-order valence-electron chi connectivity index (χ1n) is 13.0. The number of nitrogens with zero attached hydrogens (tertiary/aromatic N) is 2. The number of hydrogen-bond donors (Lipinski definition) is 3. The van der Waals surface area contributed by atoms with Crippen LogP contribution in [0.1, 0.15) is 60.0 Å². The molecule has 1 aromatic heterocycles. The molecule has 4 rings (SSSR count). The number of amides is 1. The molecule has 0 spiro atoms. The number of aromatic amines is 1. The zero-order valence-electron chi connectivity index (χ0n) is 21.7. The summed E-state index contributed by atoms with van der Waals surface area (Å²) in [6.07, 6.45) is 9.91. The van der Waals surface area contributed by atoms with Crippen LogP contribution in [0.25, 0.3) is 16.5 Å². The van der Waals surface area contributed by atoms with Crippen LogP contribution >= 0.6 is 12.6 Å². The van der Waals surface area contributed by atoms with Gasteiger partial charge in [0.2, 0.25) is 10.0 Å². The molecule has 0 saturated carbocycles. The van der Waals surface area contributed by atoms with E-state index in [1.807, 2.05) is 18.3 Å². The summed E-state index contributed by atoms with van der Waals surface area (Å²) in [4.78, 5) is 18.1. The molecule has 0 aliphatic carbocycles. The average Bonchev–Trinajstić information content (AvgIpc) is 3.53. The van der Waals surface area contributed by atoms with Gasteiger partial charge in [-0.25, -0.2) is 12.7 Å². The van der Waals surface area contributed by atoms with Gasteiger partial charge in [-0.15, -0.1) is 0 Å². The quantitative estimate of drug-likeness (QED) is 0.311. The zero-order chi connectivity index (χ0) is 26.6. The zero-order valence-corrected chi connectivity index (χ0v) is 23.4. The van der Waals surface area contributed by atoms with Crippen LogP contribution in [-0.4, -0.2) is 80.2 Å². The van der Waals surface area contributed by atoms with E-state index >= 15 is 0 Å². The number of primary amides is 1. The predicted octanol–water partition coefficient (Wildman–Crippen LogP) is 3.73. The first-order valence-corrected chi connectivity index (χ1v) is 15.1. The third-order valence-electron chi connectivity index (χ3n) is 7.71. The second-order valence-electron chi connectivity index (χ2n) is 9.86. The van der Waals surface area contributed by atoms with E-state index in [-0.39, 0.29) is 11.7 Å². The van der Waals surface area contributed by atoms with Crippen LogP contribution in [0, 0.1) is 0 Å². The monoisotopic (exact) mass is 546 g/mol. The molecule has 8 nitrogen and oxygen atoms in total. The van der Waals surface area contributed by atoms with Crippen LogP contribution in [0.5, 0.6) is 0 Å². The van der Waals surface area contributed by atoms with E-state index in [0.29, 0.717) is 24.7 Å². The summed E-state index contributed by atoms with van der Waals surface area (Å²) in [5, 5.41) is 2.70. The van der Waals surface area contributed by atoms with E-state index in [0.717, 1.165) is 66.6 Å². The molecule has 3 N–H and O–H groups in total. The smallest absolute Gasteiger partial charge is 0.250 e. The van der Waals surface area contributed by atoms with Crippen molar-refractivity contribution < 1.29 is 17.9 Å². The minimum Gasteiger partial charge on any atom is -0.383 e. The van der Waals surface area contributed by atoms with E-state index < -0.39 is 15.9 Å². The number of rotatable bonds is 10. The SMILES string of the molecule is CCS(=O)(=O)N1CCC(c2c[nH]c3c(C(N)=O)cc(C(/C=C/CN4CCCC4COC)=C/S)cc23)CC1. The lowest BCUT2D eigenvalue weighted by Gasteiger charge is -2.31. The fourth-order valence-corrected chi connectivity index (χ4v) is 6.99. The molecule has 202 valence electrons. The molecule has 2 saturated heterocycles. The lowest BCUT2D eigenvalue weighted by atomic mass is 9.88. The van der Waals surface area contributed by atoms with Crippen molar-refractivity contribution in [2.45, 2.75) is 44.6 Å². The summed E-state index contributed by atoms with van der Waals surface area (Å²) >= 11 is 4.47. The highest BCUT2D eigenvalue weighted by Gasteiger charge is 2.29. The number of allylic oxidation sites excluding steroid dienone is 2. The molecular weight excluding hydrogens is 508 g/mol. The average molecular weight is 547 g/mol. The second kappa shape index (κ2) is 12.2. The molecule has 1 aromatic carbocycles. The summed E-state index contributed by atoms with van der Waals surface area (Å²) in [7, 11) is -1.44. The number of aromatic nitrogens is 1. The van der Waals surface area contributed by atoms with E-state index in [2.05, 4.69) is 34.7 Å². The highest BCUT2D eigenvalue weighted by atomic mass is 32.2. The van der Waals surface area contributed by atoms with Crippen molar-refractivity contribution in [2.75, 3.05) is 45.6 Å². The van der Waals surface area contributed by atoms with Crippen molar-refractivity contribution in [2.24, 2.45) is 5.73 Å². The molecule has 2 fully saturated rings.